The minimum Gasteiger partial charge on any atom is -0.256 e. The third kappa shape index (κ3) is 4.90. The molecule has 1 aromatic heterocycles. The largest absolute Gasteiger partial charge is 0.256 e. The number of aromatic nitrogens is 1. The molecule has 184 valence electrons. The summed E-state index contributed by atoms with van der Waals surface area (Å²) < 4.78 is 0. The van der Waals surface area contributed by atoms with E-state index in [0.29, 0.717) is 0 Å². The lowest BCUT2D eigenvalue weighted by Crippen LogP contribution is -1.98. The zero-order valence-corrected chi connectivity index (χ0v) is 22.0. The van der Waals surface area contributed by atoms with Gasteiger partial charge in [-0.3, -0.25) is 4.98 Å². The van der Waals surface area contributed by atoms with Gasteiger partial charge in [-0.1, -0.05) is 97.6 Å². The molecule has 1 heteroatoms. The fourth-order valence-electron chi connectivity index (χ4n) is 5.35. The molecule has 0 saturated heterocycles. The highest BCUT2D eigenvalue weighted by molar-refractivity contribution is 5.87. The van der Waals surface area contributed by atoms with Crippen molar-refractivity contribution in [3.63, 3.8) is 0 Å². The minimum absolute atomic E-state index is 0. The Morgan fingerprint density at radius 3 is 2.32 bits per heavy atom. The predicted molar refractivity (Wildman–Crippen MR) is 163 cm³/mol. The predicted octanol–water partition coefficient (Wildman–Crippen LogP) is 10.1. The second kappa shape index (κ2) is 10.8. The Morgan fingerprint density at radius 1 is 0.838 bits per heavy atom. The van der Waals surface area contributed by atoms with Crippen LogP contribution in [0.1, 0.15) is 48.2 Å². The molecule has 0 atom stereocenters. The molecule has 0 bridgehead atoms. The van der Waals surface area contributed by atoms with Crippen molar-refractivity contribution >= 4 is 18.2 Å². The van der Waals surface area contributed by atoms with E-state index in [1.807, 2.05) is 18.3 Å². The van der Waals surface area contributed by atoms with Crippen LogP contribution in [-0.2, 0) is 6.42 Å². The Balaban J connectivity index is 0.00000336. The second-order valence-electron chi connectivity index (χ2n) is 9.64. The van der Waals surface area contributed by atoms with E-state index in [2.05, 4.69) is 118 Å². The molecule has 1 aliphatic carbocycles. The van der Waals surface area contributed by atoms with Gasteiger partial charge in [-0.25, -0.2) is 0 Å². The van der Waals surface area contributed by atoms with E-state index in [1.165, 1.54) is 55.6 Å². The summed E-state index contributed by atoms with van der Waals surface area (Å²) in [5, 5.41) is 0. The molecular weight excluding hydrogens is 446 g/mol. The number of fused-ring (bicyclic) bond motifs is 1. The van der Waals surface area contributed by atoms with E-state index in [4.69, 9.17) is 4.98 Å². The molecule has 0 fully saturated rings. The van der Waals surface area contributed by atoms with E-state index in [9.17, 15) is 0 Å². The van der Waals surface area contributed by atoms with Crippen LogP contribution >= 0.6 is 0 Å². The molecule has 0 saturated carbocycles. The van der Waals surface area contributed by atoms with Crippen molar-refractivity contribution in [2.45, 2.75) is 33.6 Å². The first-order chi connectivity index (χ1) is 18.1. The maximum Gasteiger partial charge on any atom is 0.0777 e. The van der Waals surface area contributed by atoms with Gasteiger partial charge >= 0.3 is 0 Å². The zero-order chi connectivity index (χ0) is 25.8. The molecule has 5 rings (SSSR count). The molecule has 0 N–H and O–H groups in total. The number of benzene rings is 3. The van der Waals surface area contributed by atoms with Crippen LogP contribution in [0, 0.1) is 13.8 Å². The van der Waals surface area contributed by atoms with Crippen LogP contribution in [0.5, 0.6) is 0 Å². The number of hydrogen-bond acceptors (Lipinski definition) is 1. The van der Waals surface area contributed by atoms with Crippen molar-refractivity contribution < 1.29 is 1.43 Å². The van der Waals surface area contributed by atoms with Crippen LogP contribution in [0.15, 0.2) is 97.7 Å². The molecule has 0 unspecified atom stereocenters. The van der Waals surface area contributed by atoms with Gasteiger partial charge in [-0.15, -0.1) is 0 Å². The first-order valence-corrected chi connectivity index (χ1v) is 13.0. The Bertz CT molecular complexity index is 1550. The molecule has 1 nitrogen and oxygen atoms in total. The summed E-state index contributed by atoms with van der Waals surface area (Å²) >= 11 is 0. The quantitative estimate of drug-likeness (QED) is 0.250. The number of pyridine rings is 1. The van der Waals surface area contributed by atoms with Gasteiger partial charge in [0.05, 0.1) is 5.69 Å². The summed E-state index contributed by atoms with van der Waals surface area (Å²) in [7, 11) is 0. The summed E-state index contributed by atoms with van der Waals surface area (Å²) in [5.74, 6) is 0. The summed E-state index contributed by atoms with van der Waals surface area (Å²) in [6.45, 7) is 10.3. The molecule has 0 radical (unpaired) electrons. The SMILES string of the molecule is C=C/C=C\c1c(C)cc(C)c(/C=C\C)c1-c1ccc(-c2cccc(-c3nccc4c3C=CCC4)c2)cc1.[HH]. The highest BCUT2D eigenvalue weighted by Crippen LogP contribution is 2.36. The lowest BCUT2D eigenvalue weighted by Gasteiger charge is -2.17. The number of hydrogen-bond donors (Lipinski definition) is 0. The van der Waals surface area contributed by atoms with Gasteiger partial charge in [0.1, 0.15) is 0 Å². The lowest BCUT2D eigenvalue weighted by molar-refractivity contribution is 0.978. The topological polar surface area (TPSA) is 12.9 Å². The highest BCUT2D eigenvalue weighted by atomic mass is 14.7. The second-order valence-corrected chi connectivity index (χ2v) is 9.64. The molecular formula is C36H35N. The van der Waals surface area contributed by atoms with E-state index in [0.717, 1.165) is 24.1 Å². The normalized spacial score (nSPS) is 12.8. The van der Waals surface area contributed by atoms with Gasteiger partial charge in [-0.2, -0.15) is 0 Å². The van der Waals surface area contributed by atoms with Gasteiger partial charge in [0, 0.05) is 18.8 Å². The number of aryl methyl sites for hydroxylation is 3. The number of allylic oxidation sites excluding steroid dienone is 4. The molecule has 1 aliphatic rings. The smallest absolute Gasteiger partial charge is 0.0777 e. The van der Waals surface area contributed by atoms with Crippen molar-refractivity contribution in [1.82, 2.24) is 4.98 Å². The van der Waals surface area contributed by atoms with Crippen LogP contribution in [0.2, 0.25) is 0 Å². The van der Waals surface area contributed by atoms with Crippen LogP contribution in [0.3, 0.4) is 0 Å². The average Bonchev–Trinajstić information content (AvgIpc) is 2.93. The van der Waals surface area contributed by atoms with Crippen molar-refractivity contribution in [2.75, 3.05) is 0 Å². The number of rotatable bonds is 6. The van der Waals surface area contributed by atoms with Crippen molar-refractivity contribution in [3.05, 3.63) is 131 Å². The highest BCUT2D eigenvalue weighted by Gasteiger charge is 2.15. The third-order valence-electron chi connectivity index (χ3n) is 7.14. The average molecular weight is 482 g/mol. The molecule has 0 aliphatic heterocycles. The standard InChI is InChI=1S/C36H33N.H2/c1-5-7-15-33-26(4)23-25(3)32(11-6-2)35(33)29-19-17-27(18-20-29)30-13-10-14-31(24-30)36-34-16-9-8-12-28(34)21-22-37-36;/h5-7,9-11,13-24H,1,8,12H2,2-4H3;1H/b11-6-,15-7-;. The summed E-state index contributed by atoms with van der Waals surface area (Å²) in [5.41, 5.74) is 14.8. The van der Waals surface area contributed by atoms with Gasteiger partial charge in [0.15, 0.2) is 0 Å². The monoisotopic (exact) mass is 481 g/mol. The summed E-state index contributed by atoms with van der Waals surface area (Å²) in [4.78, 5) is 4.76. The molecule has 37 heavy (non-hydrogen) atoms. The fourth-order valence-corrected chi connectivity index (χ4v) is 5.35. The molecule has 1 heterocycles. The fraction of sp³-hybridized carbons (Fsp3) is 0.139. The van der Waals surface area contributed by atoms with Gasteiger partial charge in [0.2, 0.25) is 0 Å². The molecule has 0 amide bonds. The Labute approximate surface area is 222 Å². The molecule has 3 aromatic carbocycles. The maximum absolute atomic E-state index is 4.76. The lowest BCUT2D eigenvalue weighted by atomic mass is 9.87. The van der Waals surface area contributed by atoms with Crippen LogP contribution in [0.25, 0.3) is 51.7 Å². The zero-order valence-electron chi connectivity index (χ0n) is 22.0. The van der Waals surface area contributed by atoms with E-state index < -0.39 is 0 Å². The minimum atomic E-state index is 0. The van der Waals surface area contributed by atoms with E-state index >= 15 is 0 Å². The number of nitrogens with zero attached hydrogens (tertiary/aromatic N) is 1. The Morgan fingerprint density at radius 2 is 1.57 bits per heavy atom. The van der Waals surface area contributed by atoms with Crippen LogP contribution in [0.4, 0.5) is 0 Å². The van der Waals surface area contributed by atoms with Crippen molar-refractivity contribution in [2.24, 2.45) is 0 Å². The van der Waals surface area contributed by atoms with E-state index in [-0.39, 0.29) is 1.43 Å². The first-order valence-electron chi connectivity index (χ1n) is 13.0. The molecule has 0 spiro atoms. The van der Waals surface area contributed by atoms with Crippen LogP contribution < -0.4 is 0 Å². The molecule has 4 aromatic rings. The maximum atomic E-state index is 4.76. The van der Waals surface area contributed by atoms with Crippen molar-refractivity contribution in [1.29, 1.82) is 0 Å². The third-order valence-corrected chi connectivity index (χ3v) is 7.14. The van der Waals surface area contributed by atoms with E-state index in [1.54, 1.807) is 0 Å². The van der Waals surface area contributed by atoms with Gasteiger partial charge in [-0.05, 0) is 95.8 Å². The Kier molecular flexibility index (Phi) is 7.14. The summed E-state index contributed by atoms with van der Waals surface area (Å²) in [6.07, 6.45) is 19.0. The van der Waals surface area contributed by atoms with Gasteiger partial charge in [0.25, 0.3) is 0 Å². The first kappa shape index (κ1) is 24.5. The summed E-state index contributed by atoms with van der Waals surface area (Å²) in [6, 6.07) is 22.1. The van der Waals surface area contributed by atoms with Gasteiger partial charge < -0.3 is 0 Å². The van der Waals surface area contributed by atoms with Crippen LogP contribution in [-0.4, -0.2) is 4.98 Å². The Hall–Kier alpha value is -4.23. The van der Waals surface area contributed by atoms with Crippen molar-refractivity contribution in [3.8, 4) is 33.5 Å².